The fourth-order valence-corrected chi connectivity index (χ4v) is 7.69. The summed E-state index contributed by atoms with van der Waals surface area (Å²) < 4.78 is 36.6. The van der Waals surface area contributed by atoms with Crippen molar-refractivity contribution in [1.29, 1.82) is 0 Å². The van der Waals surface area contributed by atoms with Crippen LogP contribution in [0, 0.1) is 24.7 Å². The Morgan fingerprint density at radius 2 is 1.70 bits per heavy atom. The van der Waals surface area contributed by atoms with Gasteiger partial charge < -0.3 is 4.74 Å². The molecule has 0 aromatic carbocycles. The molecule has 2 aliphatic carbocycles. The SMILES string of the molecule is Cc1nn(C)cc1S(=O)(=O)NC(=O)c1ccc(-n2ccc(OCC(C3CCCCC3)C3CCCCC3)n2)nc1Cl. The van der Waals surface area contributed by atoms with E-state index in [2.05, 4.69) is 15.2 Å². The molecule has 3 aromatic rings. The second-order valence-corrected chi connectivity index (χ2v) is 13.1. The van der Waals surface area contributed by atoms with E-state index in [-0.39, 0.29) is 21.3 Å². The Kier molecular flexibility index (Phi) is 8.80. The van der Waals surface area contributed by atoms with Gasteiger partial charge in [0.25, 0.3) is 15.9 Å². The second-order valence-electron chi connectivity index (χ2n) is 11.1. The van der Waals surface area contributed by atoms with Crippen molar-refractivity contribution < 1.29 is 17.9 Å². The van der Waals surface area contributed by atoms with Gasteiger partial charge >= 0.3 is 0 Å². The Labute approximate surface area is 240 Å². The highest BCUT2D eigenvalue weighted by Crippen LogP contribution is 2.40. The number of hydrogen-bond donors (Lipinski definition) is 1. The lowest BCUT2D eigenvalue weighted by atomic mass is 9.70. The summed E-state index contributed by atoms with van der Waals surface area (Å²) >= 11 is 6.31. The van der Waals surface area contributed by atoms with Crippen LogP contribution in [0.4, 0.5) is 0 Å². The van der Waals surface area contributed by atoms with E-state index >= 15 is 0 Å². The molecular formula is C28H37ClN6O4S. The smallest absolute Gasteiger partial charge is 0.268 e. The Bertz CT molecular complexity index is 1420. The van der Waals surface area contributed by atoms with Gasteiger partial charge in [-0.1, -0.05) is 75.8 Å². The number of nitrogens with zero attached hydrogens (tertiary/aromatic N) is 5. The Balaban J connectivity index is 1.25. The number of ether oxygens (including phenoxy) is 1. The molecule has 0 spiro atoms. The fraction of sp³-hybridized carbons (Fsp3) is 0.571. The van der Waals surface area contributed by atoms with E-state index in [4.69, 9.17) is 16.3 Å². The van der Waals surface area contributed by atoms with Gasteiger partial charge in [0.05, 0.1) is 17.9 Å². The quantitative estimate of drug-likeness (QED) is 0.339. The Morgan fingerprint density at radius 3 is 2.27 bits per heavy atom. The van der Waals surface area contributed by atoms with Crippen molar-refractivity contribution in [3.8, 4) is 11.7 Å². The number of rotatable bonds is 9. The van der Waals surface area contributed by atoms with Crippen molar-refractivity contribution in [3.63, 3.8) is 0 Å². The lowest BCUT2D eigenvalue weighted by Crippen LogP contribution is -2.32. The van der Waals surface area contributed by atoms with Crippen LogP contribution in [0.15, 0.2) is 35.5 Å². The summed E-state index contributed by atoms with van der Waals surface area (Å²) in [6.07, 6.45) is 16.2. The van der Waals surface area contributed by atoms with Gasteiger partial charge in [0, 0.05) is 25.5 Å². The van der Waals surface area contributed by atoms with Gasteiger partial charge in [-0.05, 0) is 36.8 Å². The molecule has 2 aliphatic rings. The number of aryl methyl sites for hydroxylation is 2. The maximum atomic E-state index is 12.7. The summed E-state index contributed by atoms with van der Waals surface area (Å²) in [6.45, 7) is 2.22. The molecule has 216 valence electrons. The highest BCUT2D eigenvalue weighted by atomic mass is 35.5. The largest absolute Gasteiger partial charge is 0.476 e. The number of pyridine rings is 1. The van der Waals surface area contributed by atoms with E-state index in [1.807, 2.05) is 4.72 Å². The standard InChI is InChI=1S/C28H37ClN6O4S/c1-19-24(17-34(2)31-19)40(37,38)33-28(36)22-13-14-25(30-27(22)29)35-16-15-26(32-35)39-18-23(20-9-5-3-6-10-20)21-11-7-4-8-12-21/h13-17,20-21,23H,3-12,18H2,1-2H3,(H,33,36). The predicted molar refractivity (Wildman–Crippen MR) is 151 cm³/mol. The molecule has 0 bridgehead atoms. The molecule has 12 heteroatoms. The van der Waals surface area contributed by atoms with Crippen LogP contribution in [0.5, 0.6) is 5.88 Å². The zero-order valence-corrected chi connectivity index (χ0v) is 24.6. The van der Waals surface area contributed by atoms with Crippen molar-refractivity contribution in [2.45, 2.75) is 76.0 Å². The molecule has 0 atom stereocenters. The lowest BCUT2D eigenvalue weighted by Gasteiger charge is -2.37. The van der Waals surface area contributed by atoms with Crippen LogP contribution < -0.4 is 9.46 Å². The van der Waals surface area contributed by atoms with Gasteiger partial charge in [-0.3, -0.25) is 9.48 Å². The van der Waals surface area contributed by atoms with Crippen molar-refractivity contribution in [3.05, 3.63) is 47.0 Å². The molecule has 0 saturated heterocycles. The van der Waals surface area contributed by atoms with E-state index in [1.165, 1.54) is 85.8 Å². The first-order valence-corrected chi connectivity index (χ1v) is 16.0. The minimum atomic E-state index is -4.13. The van der Waals surface area contributed by atoms with Crippen molar-refractivity contribution in [2.24, 2.45) is 24.8 Å². The number of hydrogen-bond acceptors (Lipinski definition) is 7. The first-order chi connectivity index (χ1) is 19.2. The summed E-state index contributed by atoms with van der Waals surface area (Å²) in [5.74, 6) is 2.04. The zero-order chi connectivity index (χ0) is 28.3. The van der Waals surface area contributed by atoms with Crippen LogP contribution in [0.2, 0.25) is 5.15 Å². The monoisotopic (exact) mass is 588 g/mol. The van der Waals surface area contributed by atoms with E-state index < -0.39 is 15.9 Å². The van der Waals surface area contributed by atoms with Gasteiger partial charge in [0.15, 0.2) is 5.82 Å². The van der Waals surface area contributed by atoms with Crippen molar-refractivity contribution in [1.82, 2.24) is 29.3 Å². The molecule has 10 nitrogen and oxygen atoms in total. The Morgan fingerprint density at radius 1 is 1.05 bits per heavy atom. The number of nitrogens with one attached hydrogen (secondary N) is 1. The molecule has 0 unspecified atom stereocenters. The van der Waals surface area contributed by atoms with E-state index in [1.54, 1.807) is 32.3 Å². The number of aromatic nitrogens is 5. The third kappa shape index (κ3) is 6.52. The number of carbonyl (C=O) groups is 1. The van der Waals surface area contributed by atoms with Gasteiger partial charge in [-0.15, -0.1) is 5.10 Å². The average Bonchev–Trinajstić information content (AvgIpc) is 3.55. The van der Waals surface area contributed by atoms with Gasteiger partial charge in [-0.25, -0.2) is 22.8 Å². The highest BCUT2D eigenvalue weighted by Gasteiger charge is 2.32. The molecule has 2 saturated carbocycles. The number of carbonyl (C=O) groups excluding carboxylic acids is 1. The van der Waals surface area contributed by atoms with Crippen LogP contribution in [-0.4, -0.2) is 45.5 Å². The second kappa shape index (κ2) is 12.3. The highest BCUT2D eigenvalue weighted by molar-refractivity contribution is 7.90. The minimum Gasteiger partial charge on any atom is -0.476 e. The molecule has 5 rings (SSSR count). The molecular weight excluding hydrogens is 552 g/mol. The van der Waals surface area contributed by atoms with Crippen LogP contribution >= 0.6 is 11.6 Å². The fourth-order valence-electron chi connectivity index (χ4n) is 6.27. The molecule has 1 N–H and O–H groups in total. The van der Waals surface area contributed by atoms with Crippen molar-refractivity contribution in [2.75, 3.05) is 6.61 Å². The average molecular weight is 589 g/mol. The van der Waals surface area contributed by atoms with Gasteiger partial charge in [-0.2, -0.15) is 5.10 Å². The maximum Gasteiger partial charge on any atom is 0.268 e. The summed E-state index contributed by atoms with van der Waals surface area (Å²) in [5.41, 5.74) is 0.213. The van der Waals surface area contributed by atoms with Crippen LogP contribution in [-0.2, 0) is 17.1 Å². The molecule has 40 heavy (non-hydrogen) atoms. The van der Waals surface area contributed by atoms with Gasteiger partial charge in [0.1, 0.15) is 10.0 Å². The van der Waals surface area contributed by atoms with E-state index in [0.29, 0.717) is 24.2 Å². The summed E-state index contributed by atoms with van der Waals surface area (Å²) in [4.78, 5) is 17.0. The molecule has 1 amide bonds. The van der Waals surface area contributed by atoms with Gasteiger partial charge in [0.2, 0.25) is 5.88 Å². The minimum absolute atomic E-state index is 0.0676. The normalized spacial score (nSPS) is 17.3. The number of sulfonamides is 1. The number of halogens is 1. The zero-order valence-electron chi connectivity index (χ0n) is 23.1. The third-order valence-corrected chi connectivity index (χ3v) is 10.0. The Hall–Kier alpha value is -2.92. The predicted octanol–water partition coefficient (Wildman–Crippen LogP) is 5.24. The maximum absolute atomic E-state index is 12.7. The van der Waals surface area contributed by atoms with E-state index in [9.17, 15) is 13.2 Å². The molecule has 3 heterocycles. The summed E-state index contributed by atoms with van der Waals surface area (Å²) in [6, 6.07) is 4.79. The lowest BCUT2D eigenvalue weighted by molar-refractivity contribution is 0.0869. The third-order valence-electron chi connectivity index (χ3n) is 8.30. The van der Waals surface area contributed by atoms with E-state index in [0.717, 1.165) is 11.8 Å². The van der Waals surface area contributed by atoms with Crippen LogP contribution in [0.25, 0.3) is 5.82 Å². The topological polar surface area (TPSA) is 121 Å². The number of amides is 1. The first-order valence-electron chi connectivity index (χ1n) is 14.1. The summed E-state index contributed by atoms with van der Waals surface area (Å²) in [7, 11) is -2.52. The van der Waals surface area contributed by atoms with Crippen molar-refractivity contribution >= 4 is 27.5 Å². The van der Waals surface area contributed by atoms with Crippen LogP contribution in [0.1, 0.15) is 80.3 Å². The molecule has 2 fully saturated rings. The molecule has 0 radical (unpaired) electrons. The molecule has 3 aromatic heterocycles. The summed E-state index contributed by atoms with van der Waals surface area (Å²) in [5, 5.41) is 8.42. The first kappa shape index (κ1) is 28.6. The van der Waals surface area contributed by atoms with Crippen LogP contribution in [0.3, 0.4) is 0 Å². The molecule has 0 aliphatic heterocycles.